The highest BCUT2D eigenvalue weighted by molar-refractivity contribution is 7.91. The first-order chi connectivity index (χ1) is 9.98. The summed E-state index contributed by atoms with van der Waals surface area (Å²) in [6.07, 6.45) is 6.82. The Bertz CT molecular complexity index is 533. The van der Waals surface area contributed by atoms with Crippen LogP contribution >= 0.6 is 0 Å². The minimum atomic E-state index is -2.93. The molecule has 5 rings (SSSR count). The normalized spacial score (nSPS) is 43.8. The molecule has 0 aromatic carbocycles. The van der Waals surface area contributed by atoms with Crippen LogP contribution in [0, 0.1) is 17.8 Å². The summed E-state index contributed by atoms with van der Waals surface area (Å²) in [4.78, 5) is 14.6. The fourth-order valence-corrected chi connectivity index (χ4v) is 6.87. The average molecular weight is 312 g/mol. The van der Waals surface area contributed by atoms with Crippen LogP contribution in [0.5, 0.6) is 0 Å². The van der Waals surface area contributed by atoms with E-state index in [1.807, 2.05) is 4.90 Å². The van der Waals surface area contributed by atoms with Crippen LogP contribution in [0.25, 0.3) is 0 Å². The molecule has 3 atom stereocenters. The molecule has 0 aromatic heterocycles. The number of sulfone groups is 1. The van der Waals surface area contributed by atoms with Crippen LogP contribution in [-0.4, -0.2) is 49.5 Å². The van der Waals surface area contributed by atoms with E-state index in [1.54, 1.807) is 0 Å². The van der Waals surface area contributed by atoms with Crippen molar-refractivity contribution in [2.75, 3.05) is 18.1 Å². The van der Waals surface area contributed by atoms with Crippen LogP contribution in [0.3, 0.4) is 0 Å². The molecule has 3 heterocycles. The summed E-state index contributed by atoms with van der Waals surface area (Å²) in [7, 11) is -2.93. The van der Waals surface area contributed by atoms with Crippen molar-refractivity contribution in [2.45, 2.75) is 50.6 Å². The van der Waals surface area contributed by atoms with Gasteiger partial charge in [-0.2, -0.15) is 0 Å². The van der Waals surface area contributed by atoms with Crippen molar-refractivity contribution in [1.29, 1.82) is 0 Å². The molecule has 5 nitrogen and oxygen atoms in total. The zero-order valence-electron chi connectivity index (χ0n) is 12.3. The highest BCUT2D eigenvalue weighted by Gasteiger charge is 2.44. The number of hydrogen-bond donors (Lipinski definition) is 1. The van der Waals surface area contributed by atoms with E-state index < -0.39 is 9.84 Å². The lowest BCUT2D eigenvalue weighted by Gasteiger charge is -2.39. The third-order valence-electron chi connectivity index (χ3n) is 5.93. The molecular weight excluding hydrogens is 288 g/mol. The van der Waals surface area contributed by atoms with Gasteiger partial charge in [0.25, 0.3) is 0 Å². The second kappa shape index (κ2) is 4.86. The molecule has 3 aliphatic heterocycles. The number of urea groups is 1. The van der Waals surface area contributed by atoms with Crippen molar-refractivity contribution in [3.63, 3.8) is 0 Å². The van der Waals surface area contributed by atoms with Gasteiger partial charge in [0.2, 0.25) is 0 Å². The van der Waals surface area contributed by atoms with Crippen molar-refractivity contribution >= 4 is 15.9 Å². The van der Waals surface area contributed by atoms with Gasteiger partial charge in [-0.05, 0) is 56.3 Å². The number of amides is 2. The Kier molecular flexibility index (Phi) is 3.21. The van der Waals surface area contributed by atoms with Gasteiger partial charge in [0.05, 0.1) is 11.5 Å². The molecule has 3 saturated heterocycles. The zero-order valence-corrected chi connectivity index (χ0v) is 13.1. The maximum atomic E-state index is 12.6. The van der Waals surface area contributed by atoms with Crippen molar-refractivity contribution in [3.8, 4) is 0 Å². The van der Waals surface area contributed by atoms with Crippen molar-refractivity contribution in [1.82, 2.24) is 10.2 Å². The number of carbonyl (C=O) groups is 1. The van der Waals surface area contributed by atoms with E-state index in [1.165, 1.54) is 19.3 Å². The summed E-state index contributed by atoms with van der Waals surface area (Å²) in [6, 6.07) is 0.190. The van der Waals surface area contributed by atoms with Gasteiger partial charge in [-0.1, -0.05) is 0 Å². The Morgan fingerprint density at radius 1 is 1.00 bits per heavy atom. The van der Waals surface area contributed by atoms with Gasteiger partial charge >= 0.3 is 6.03 Å². The van der Waals surface area contributed by atoms with Crippen LogP contribution in [0.2, 0.25) is 0 Å². The quantitative estimate of drug-likeness (QED) is 0.796. The molecular formula is C15H24N2O3S. The van der Waals surface area contributed by atoms with Crippen LogP contribution < -0.4 is 5.32 Å². The van der Waals surface area contributed by atoms with Crippen molar-refractivity contribution in [3.05, 3.63) is 0 Å². The third-order valence-corrected chi connectivity index (χ3v) is 7.70. The number of hydrogen-bond acceptors (Lipinski definition) is 3. The molecule has 0 aromatic rings. The maximum Gasteiger partial charge on any atom is 0.317 e. The molecule has 5 fully saturated rings. The monoisotopic (exact) mass is 312 g/mol. The first-order valence-electron chi connectivity index (χ1n) is 8.26. The van der Waals surface area contributed by atoms with Crippen molar-refractivity contribution < 1.29 is 13.2 Å². The predicted octanol–water partition coefficient (Wildman–Crippen LogP) is 1.39. The Balaban J connectivity index is 1.45. The van der Waals surface area contributed by atoms with E-state index >= 15 is 0 Å². The van der Waals surface area contributed by atoms with Gasteiger partial charge in [-0.25, -0.2) is 13.2 Å². The number of carbonyl (C=O) groups excluding carboxylic acids is 1. The van der Waals surface area contributed by atoms with Gasteiger partial charge in [-0.3, -0.25) is 0 Å². The van der Waals surface area contributed by atoms with E-state index in [0.29, 0.717) is 18.4 Å². The lowest BCUT2D eigenvalue weighted by atomic mass is 9.68. The van der Waals surface area contributed by atoms with Gasteiger partial charge < -0.3 is 10.2 Å². The summed E-state index contributed by atoms with van der Waals surface area (Å²) < 4.78 is 23.0. The van der Waals surface area contributed by atoms with Crippen molar-refractivity contribution in [2.24, 2.45) is 17.8 Å². The largest absolute Gasteiger partial charge is 0.334 e. The topological polar surface area (TPSA) is 66.5 Å². The van der Waals surface area contributed by atoms with Gasteiger partial charge in [0.1, 0.15) is 0 Å². The van der Waals surface area contributed by atoms with E-state index in [2.05, 4.69) is 5.32 Å². The average Bonchev–Trinajstić information content (AvgIpc) is 2.60. The SMILES string of the molecule is O=C(NC1CCS(=O)(=O)C1)N1CC2CC3CC(C2)CC1C3. The van der Waals surface area contributed by atoms with Crippen LogP contribution in [-0.2, 0) is 9.84 Å². The fourth-order valence-electron chi connectivity index (χ4n) is 5.20. The molecule has 0 radical (unpaired) electrons. The minimum absolute atomic E-state index is 0.0182. The first-order valence-corrected chi connectivity index (χ1v) is 10.1. The minimum Gasteiger partial charge on any atom is -0.334 e. The zero-order chi connectivity index (χ0) is 14.6. The summed E-state index contributed by atoms with van der Waals surface area (Å²) in [5.41, 5.74) is 0. The standard InChI is InChI=1S/C15H24N2O3S/c18-15(16-13-1-2-21(19,20)9-13)17-8-12-4-10-3-11(5-12)7-14(17)6-10/h10-14H,1-9H2,(H,16,18). The van der Waals surface area contributed by atoms with Gasteiger partial charge in [0, 0.05) is 18.6 Å². The molecule has 1 N–H and O–H groups in total. The highest BCUT2D eigenvalue weighted by atomic mass is 32.2. The molecule has 5 aliphatic rings. The van der Waals surface area contributed by atoms with Gasteiger partial charge in [-0.15, -0.1) is 0 Å². The molecule has 6 heteroatoms. The summed E-state index contributed by atoms with van der Waals surface area (Å²) in [5.74, 6) is 2.63. The smallest absolute Gasteiger partial charge is 0.317 e. The van der Waals surface area contributed by atoms with E-state index in [9.17, 15) is 13.2 Å². The number of rotatable bonds is 1. The second-order valence-electron chi connectivity index (χ2n) is 7.63. The first kappa shape index (κ1) is 13.9. The molecule has 2 amide bonds. The van der Waals surface area contributed by atoms with E-state index in [4.69, 9.17) is 0 Å². The number of nitrogens with zero attached hydrogens (tertiary/aromatic N) is 1. The van der Waals surface area contributed by atoms with Crippen LogP contribution in [0.15, 0.2) is 0 Å². The maximum absolute atomic E-state index is 12.6. The van der Waals surface area contributed by atoms with Gasteiger partial charge in [0.15, 0.2) is 9.84 Å². The Hall–Kier alpha value is -0.780. The lowest BCUT2D eigenvalue weighted by Crippen LogP contribution is -2.50. The lowest BCUT2D eigenvalue weighted by molar-refractivity contribution is 0.131. The number of fused-ring (bicyclic) bond motifs is 1. The van der Waals surface area contributed by atoms with Crippen LogP contribution in [0.4, 0.5) is 4.79 Å². The molecule has 4 bridgehead atoms. The summed E-state index contributed by atoms with van der Waals surface area (Å²) >= 11 is 0. The van der Waals surface area contributed by atoms with E-state index in [-0.39, 0.29) is 23.6 Å². The second-order valence-corrected chi connectivity index (χ2v) is 9.86. The molecule has 2 saturated carbocycles. The summed E-state index contributed by atoms with van der Waals surface area (Å²) in [6.45, 7) is 0.878. The molecule has 118 valence electrons. The summed E-state index contributed by atoms with van der Waals surface area (Å²) in [5, 5.41) is 2.98. The van der Waals surface area contributed by atoms with E-state index in [0.717, 1.165) is 31.2 Å². The predicted molar refractivity (Wildman–Crippen MR) is 79.6 cm³/mol. The fraction of sp³-hybridized carbons (Fsp3) is 0.933. The molecule has 3 unspecified atom stereocenters. The Morgan fingerprint density at radius 3 is 2.29 bits per heavy atom. The number of nitrogens with one attached hydrogen (secondary N) is 1. The molecule has 0 spiro atoms. The Morgan fingerprint density at radius 2 is 1.67 bits per heavy atom. The molecule has 21 heavy (non-hydrogen) atoms. The molecule has 2 aliphatic carbocycles. The highest BCUT2D eigenvalue weighted by Crippen LogP contribution is 2.47. The van der Waals surface area contributed by atoms with Crippen LogP contribution in [0.1, 0.15) is 38.5 Å². The third kappa shape index (κ3) is 2.67. The Labute approximate surface area is 126 Å².